The van der Waals surface area contributed by atoms with Crippen molar-refractivity contribution in [3.05, 3.63) is 60.2 Å². The molecule has 29 heavy (non-hydrogen) atoms. The van der Waals surface area contributed by atoms with Gasteiger partial charge in [0.25, 0.3) is 0 Å². The van der Waals surface area contributed by atoms with E-state index < -0.39 is 0 Å². The SMILES string of the molecule is CCN(CC)c1ccc(/C=N/Nc2nc(NC)nc(Nc3ccccc3)n2)cc1. The number of benzene rings is 2. The fourth-order valence-electron chi connectivity index (χ4n) is 2.77. The van der Waals surface area contributed by atoms with Gasteiger partial charge in [0.2, 0.25) is 17.8 Å². The first-order valence-corrected chi connectivity index (χ1v) is 9.61. The molecule has 0 fully saturated rings. The lowest BCUT2D eigenvalue weighted by Crippen LogP contribution is -2.21. The van der Waals surface area contributed by atoms with E-state index in [1.165, 1.54) is 5.69 Å². The summed E-state index contributed by atoms with van der Waals surface area (Å²) >= 11 is 0. The Morgan fingerprint density at radius 2 is 1.52 bits per heavy atom. The first kappa shape index (κ1) is 20.1. The van der Waals surface area contributed by atoms with Crippen LogP contribution in [0.2, 0.25) is 0 Å². The molecular formula is C21H26N8. The first-order chi connectivity index (χ1) is 14.2. The van der Waals surface area contributed by atoms with E-state index in [9.17, 15) is 0 Å². The molecule has 0 aliphatic carbocycles. The van der Waals surface area contributed by atoms with Crippen LogP contribution in [0, 0.1) is 0 Å². The van der Waals surface area contributed by atoms with Gasteiger partial charge in [0.05, 0.1) is 6.21 Å². The average molecular weight is 390 g/mol. The Bertz CT molecular complexity index is 921. The van der Waals surface area contributed by atoms with Crippen LogP contribution in [0.4, 0.5) is 29.2 Å². The summed E-state index contributed by atoms with van der Waals surface area (Å²) in [6.45, 7) is 6.27. The molecule has 3 aromatic rings. The van der Waals surface area contributed by atoms with Crippen LogP contribution in [-0.2, 0) is 0 Å². The maximum atomic E-state index is 4.36. The number of nitrogens with one attached hydrogen (secondary N) is 3. The van der Waals surface area contributed by atoms with Crippen LogP contribution in [0.1, 0.15) is 19.4 Å². The lowest BCUT2D eigenvalue weighted by atomic mass is 10.2. The second-order valence-corrected chi connectivity index (χ2v) is 6.18. The van der Waals surface area contributed by atoms with Crippen molar-refractivity contribution in [3.8, 4) is 0 Å². The fourth-order valence-corrected chi connectivity index (χ4v) is 2.77. The monoisotopic (exact) mass is 390 g/mol. The Balaban J connectivity index is 1.68. The number of aromatic nitrogens is 3. The van der Waals surface area contributed by atoms with Crippen LogP contribution in [0.15, 0.2) is 59.7 Å². The van der Waals surface area contributed by atoms with E-state index >= 15 is 0 Å². The van der Waals surface area contributed by atoms with Gasteiger partial charge in [0.1, 0.15) is 0 Å². The predicted molar refractivity (Wildman–Crippen MR) is 120 cm³/mol. The highest BCUT2D eigenvalue weighted by atomic mass is 15.4. The second kappa shape index (κ2) is 10.0. The maximum absolute atomic E-state index is 4.36. The van der Waals surface area contributed by atoms with Crippen molar-refractivity contribution in [2.24, 2.45) is 5.10 Å². The van der Waals surface area contributed by atoms with Gasteiger partial charge in [-0.3, -0.25) is 0 Å². The molecular weight excluding hydrogens is 364 g/mol. The zero-order chi connectivity index (χ0) is 20.5. The molecule has 0 saturated carbocycles. The van der Waals surface area contributed by atoms with E-state index in [-0.39, 0.29) is 0 Å². The van der Waals surface area contributed by atoms with Gasteiger partial charge in [-0.1, -0.05) is 30.3 Å². The van der Waals surface area contributed by atoms with E-state index in [1.54, 1.807) is 13.3 Å². The maximum Gasteiger partial charge on any atom is 0.250 e. The second-order valence-electron chi connectivity index (χ2n) is 6.18. The van der Waals surface area contributed by atoms with Crippen LogP contribution >= 0.6 is 0 Å². The molecule has 0 bridgehead atoms. The summed E-state index contributed by atoms with van der Waals surface area (Å²) in [7, 11) is 1.76. The Morgan fingerprint density at radius 1 is 0.862 bits per heavy atom. The van der Waals surface area contributed by atoms with E-state index in [0.717, 1.165) is 24.3 Å². The van der Waals surface area contributed by atoms with Gasteiger partial charge in [0, 0.05) is 31.5 Å². The molecule has 8 nitrogen and oxygen atoms in total. The van der Waals surface area contributed by atoms with Gasteiger partial charge in [0.15, 0.2) is 0 Å². The summed E-state index contributed by atoms with van der Waals surface area (Å²) in [5.74, 6) is 1.22. The van der Waals surface area contributed by atoms with E-state index in [1.807, 2.05) is 42.5 Å². The molecule has 0 amide bonds. The molecule has 3 N–H and O–H groups in total. The lowest BCUT2D eigenvalue weighted by molar-refractivity contribution is 0.866. The smallest absolute Gasteiger partial charge is 0.250 e. The molecule has 0 saturated heterocycles. The minimum absolute atomic E-state index is 0.346. The highest BCUT2D eigenvalue weighted by molar-refractivity contribution is 5.80. The van der Waals surface area contributed by atoms with Gasteiger partial charge in [-0.25, -0.2) is 5.43 Å². The van der Waals surface area contributed by atoms with Crippen molar-refractivity contribution >= 4 is 35.4 Å². The van der Waals surface area contributed by atoms with Crippen molar-refractivity contribution < 1.29 is 0 Å². The largest absolute Gasteiger partial charge is 0.372 e. The van der Waals surface area contributed by atoms with Gasteiger partial charge >= 0.3 is 0 Å². The van der Waals surface area contributed by atoms with Crippen LogP contribution in [0.25, 0.3) is 0 Å². The van der Waals surface area contributed by atoms with E-state index in [4.69, 9.17) is 0 Å². The summed E-state index contributed by atoms with van der Waals surface area (Å²) in [6, 6.07) is 18.0. The molecule has 1 aromatic heterocycles. The predicted octanol–water partition coefficient (Wildman–Crippen LogP) is 3.95. The number of para-hydroxylation sites is 1. The molecule has 3 rings (SSSR count). The van der Waals surface area contributed by atoms with Crippen molar-refractivity contribution in [2.45, 2.75) is 13.8 Å². The molecule has 150 valence electrons. The third-order valence-corrected chi connectivity index (χ3v) is 4.29. The molecule has 0 aliphatic rings. The highest BCUT2D eigenvalue weighted by Gasteiger charge is 2.05. The third kappa shape index (κ3) is 5.65. The zero-order valence-corrected chi connectivity index (χ0v) is 16.9. The average Bonchev–Trinajstić information content (AvgIpc) is 2.76. The van der Waals surface area contributed by atoms with Crippen molar-refractivity contribution in [1.29, 1.82) is 0 Å². The quantitative estimate of drug-likeness (QED) is 0.376. The summed E-state index contributed by atoms with van der Waals surface area (Å²) < 4.78 is 0. The lowest BCUT2D eigenvalue weighted by Gasteiger charge is -2.20. The molecule has 2 aromatic carbocycles. The number of rotatable bonds is 9. The standard InChI is InChI=1S/C21H26N8/c1-4-29(5-2)18-13-11-16(12-14-18)15-23-28-21-26-19(22-3)25-20(27-21)24-17-9-7-6-8-10-17/h6-15H,4-5H2,1-3H3,(H3,22,24,25,26,27,28)/b23-15+. The molecule has 1 heterocycles. The highest BCUT2D eigenvalue weighted by Crippen LogP contribution is 2.16. The zero-order valence-electron chi connectivity index (χ0n) is 16.9. The first-order valence-electron chi connectivity index (χ1n) is 9.61. The minimum Gasteiger partial charge on any atom is -0.372 e. The fraction of sp³-hybridized carbons (Fsp3) is 0.238. The van der Waals surface area contributed by atoms with Crippen LogP contribution < -0.4 is 21.0 Å². The Hall–Kier alpha value is -3.68. The number of nitrogens with zero attached hydrogens (tertiary/aromatic N) is 5. The number of anilines is 5. The van der Waals surface area contributed by atoms with E-state index in [2.05, 4.69) is 67.0 Å². The summed E-state index contributed by atoms with van der Waals surface area (Å²) in [6.07, 6.45) is 1.74. The van der Waals surface area contributed by atoms with Crippen molar-refractivity contribution in [3.63, 3.8) is 0 Å². The van der Waals surface area contributed by atoms with Crippen LogP contribution in [0.5, 0.6) is 0 Å². The van der Waals surface area contributed by atoms with Crippen LogP contribution in [-0.4, -0.2) is 41.3 Å². The Labute approximate surface area is 171 Å². The van der Waals surface area contributed by atoms with Crippen molar-refractivity contribution in [2.75, 3.05) is 41.1 Å². The number of hydrogen-bond acceptors (Lipinski definition) is 8. The summed E-state index contributed by atoms with van der Waals surface area (Å²) in [4.78, 5) is 15.3. The van der Waals surface area contributed by atoms with Gasteiger partial charge in [-0.05, 0) is 43.7 Å². The van der Waals surface area contributed by atoms with Gasteiger partial charge < -0.3 is 15.5 Å². The molecule has 0 atom stereocenters. The molecule has 0 unspecified atom stereocenters. The minimum atomic E-state index is 0.346. The van der Waals surface area contributed by atoms with E-state index in [0.29, 0.717) is 17.8 Å². The molecule has 0 radical (unpaired) electrons. The van der Waals surface area contributed by atoms with Crippen molar-refractivity contribution in [1.82, 2.24) is 15.0 Å². The number of hydrogen-bond donors (Lipinski definition) is 3. The summed E-state index contributed by atoms with van der Waals surface area (Å²) in [5, 5.41) is 10.3. The Morgan fingerprint density at radius 3 is 2.17 bits per heavy atom. The molecule has 0 aliphatic heterocycles. The van der Waals surface area contributed by atoms with Gasteiger partial charge in [-0.15, -0.1) is 0 Å². The Kier molecular flexibility index (Phi) is 6.94. The molecule has 8 heteroatoms. The summed E-state index contributed by atoms with van der Waals surface area (Å²) in [5.41, 5.74) is 5.95. The van der Waals surface area contributed by atoms with Gasteiger partial charge in [-0.2, -0.15) is 20.1 Å². The normalized spacial score (nSPS) is 10.7. The van der Waals surface area contributed by atoms with Crippen LogP contribution in [0.3, 0.4) is 0 Å². The number of hydrazone groups is 1. The third-order valence-electron chi connectivity index (χ3n) is 4.29. The topological polar surface area (TPSA) is 90.4 Å². The molecule has 0 spiro atoms.